The van der Waals surface area contributed by atoms with Crippen LogP contribution in [0.25, 0.3) is 0 Å². The van der Waals surface area contributed by atoms with E-state index in [1.807, 2.05) is 0 Å². The molecule has 0 N–H and O–H groups in total. The lowest BCUT2D eigenvalue weighted by Gasteiger charge is -2.19. The van der Waals surface area contributed by atoms with E-state index in [4.69, 9.17) is 0 Å². The summed E-state index contributed by atoms with van der Waals surface area (Å²) < 4.78 is 17.6. The van der Waals surface area contributed by atoms with E-state index in [9.17, 15) is 24.1 Å². The molecule has 0 atom stereocenters. The highest BCUT2D eigenvalue weighted by molar-refractivity contribution is 6.04. The van der Waals surface area contributed by atoms with E-state index < -0.39 is 39.3 Å². The summed E-state index contributed by atoms with van der Waals surface area (Å²) in [5.74, 6) is -3.16. The monoisotopic (exact) mass is 295 g/mol. The molecule has 0 amide bonds. The number of nitrogens with zero attached hydrogens (tertiary/aromatic N) is 1. The number of ether oxygens (including phenoxy) is 1. The predicted molar refractivity (Wildman–Crippen MR) is 72.1 cm³/mol. The average molecular weight is 295 g/mol. The van der Waals surface area contributed by atoms with Crippen LogP contribution in [0.4, 0.5) is 10.1 Å². The molecule has 0 radical (unpaired) electrons. The van der Waals surface area contributed by atoms with E-state index in [0.29, 0.717) is 6.07 Å². The molecule has 0 aromatic heterocycles. The molecule has 0 aliphatic carbocycles. The Morgan fingerprint density at radius 2 is 1.90 bits per heavy atom. The van der Waals surface area contributed by atoms with Crippen LogP contribution in [0.2, 0.25) is 0 Å². The van der Waals surface area contributed by atoms with Crippen LogP contribution in [0.1, 0.15) is 31.1 Å². The maximum atomic E-state index is 13.1. The molecule has 1 aromatic carbocycles. The van der Waals surface area contributed by atoms with E-state index in [0.717, 1.165) is 12.1 Å². The summed E-state index contributed by atoms with van der Waals surface area (Å²) >= 11 is 0. The predicted octanol–water partition coefficient (Wildman–Crippen LogP) is 3.02. The normalized spacial score (nSPS) is 10.9. The fraction of sp³-hybridized carbons (Fsp3) is 0.286. The minimum Gasteiger partial charge on any atom is -0.386 e. The zero-order valence-electron chi connectivity index (χ0n) is 11.8. The number of hydrogen-bond donors (Lipinski definition) is 0. The SMILES string of the molecule is C=C(C(=O)OC(=O)c1cc(F)ccc1[N+](=O)[O-])C(C)(C)C. The lowest BCUT2D eigenvalue weighted by molar-refractivity contribution is -0.385. The highest BCUT2D eigenvalue weighted by Gasteiger charge is 2.28. The van der Waals surface area contributed by atoms with Gasteiger partial charge in [-0.1, -0.05) is 27.4 Å². The Bertz CT molecular complexity index is 631. The summed E-state index contributed by atoms with van der Waals surface area (Å²) in [5, 5.41) is 10.8. The molecule has 6 nitrogen and oxygen atoms in total. The average Bonchev–Trinajstić information content (AvgIpc) is 2.35. The number of benzene rings is 1. The molecule has 1 rings (SSSR count). The Morgan fingerprint density at radius 1 is 1.33 bits per heavy atom. The van der Waals surface area contributed by atoms with Crippen molar-refractivity contribution in [3.8, 4) is 0 Å². The Balaban J connectivity index is 3.06. The molecule has 0 fully saturated rings. The van der Waals surface area contributed by atoms with Crippen molar-refractivity contribution >= 4 is 17.6 Å². The minimum atomic E-state index is -1.29. The van der Waals surface area contributed by atoms with Gasteiger partial charge in [0.25, 0.3) is 5.69 Å². The molecule has 0 unspecified atom stereocenters. The Labute approximate surface area is 120 Å². The van der Waals surface area contributed by atoms with Crippen molar-refractivity contribution in [2.75, 3.05) is 0 Å². The van der Waals surface area contributed by atoms with Crippen LogP contribution in [0.5, 0.6) is 0 Å². The third-order valence-corrected chi connectivity index (χ3v) is 2.71. The number of nitro benzene ring substituents is 1. The van der Waals surface area contributed by atoms with E-state index in [2.05, 4.69) is 11.3 Å². The number of esters is 2. The van der Waals surface area contributed by atoms with Gasteiger partial charge in [-0.25, -0.2) is 14.0 Å². The number of halogens is 1. The van der Waals surface area contributed by atoms with Crippen LogP contribution in [0.15, 0.2) is 30.4 Å². The third-order valence-electron chi connectivity index (χ3n) is 2.71. The Hall–Kier alpha value is -2.57. The van der Waals surface area contributed by atoms with E-state index >= 15 is 0 Å². The lowest BCUT2D eigenvalue weighted by atomic mass is 9.88. The first-order valence-electron chi connectivity index (χ1n) is 5.94. The maximum Gasteiger partial charge on any atom is 0.353 e. The van der Waals surface area contributed by atoms with Crippen LogP contribution in [-0.2, 0) is 9.53 Å². The molecule has 0 bridgehead atoms. The molecule has 112 valence electrons. The van der Waals surface area contributed by atoms with Gasteiger partial charge in [-0.3, -0.25) is 10.1 Å². The molecule has 21 heavy (non-hydrogen) atoms. The van der Waals surface area contributed by atoms with Crippen LogP contribution in [0.3, 0.4) is 0 Å². The number of rotatable bonds is 3. The summed E-state index contributed by atoms with van der Waals surface area (Å²) in [7, 11) is 0. The molecule has 0 saturated heterocycles. The molecular formula is C14H14FNO5. The fourth-order valence-electron chi connectivity index (χ4n) is 1.34. The van der Waals surface area contributed by atoms with Crippen molar-refractivity contribution in [3.05, 3.63) is 51.8 Å². The van der Waals surface area contributed by atoms with Crippen molar-refractivity contribution in [3.63, 3.8) is 0 Å². The Morgan fingerprint density at radius 3 is 2.38 bits per heavy atom. The van der Waals surface area contributed by atoms with Crippen molar-refractivity contribution in [2.24, 2.45) is 5.41 Å². The molecular weight excluding hydrogens is 281 g/mol. The first-order valence-corrected chi connectivity index (χ1v) is 5.94. The van der Waals surface area contributed by atoms with Gasteiger partial charge in [0, 0.05) is 11.6 Å². The lowest BCUT2D eigenvalue weighted by Crippen LogP contribution is -2.22. The second-order valence-electron chi connectivity index (χ2n) is 5.32. The van der Waals surface area contributed by atoms with Crippen molar-refractivity contribution in [2.45, 2.75) is 20.8 Å². The first kappa shape index (κ1) is 16.5. The standard InChI is InChI=1S/C14H14FNO5/c1-8(14(2,3)4)12(17)21-13(18)10-7-9(15)5-6-11(10)16(19)20/h5-7H,1H2,2-4H3. The number of nitro groups is 1. The third kappa shape index (κ3) is 3.95. The molecule has 0 saturated carbocycles. The zero-order valence-corrected chi connectivity index (χ0v) is 11.8. The van der Waals surface area contributed by atoms with Gasteiger partial charge in [-0.15, -0.1) is 0 Å². The second-order valence-corrected chi connectivity index (χ2v) is 5.32. The van der Waals surface area contributed by atoms with Crippen molar-refractivity contribution < 1.29 is 23.6 Å². The largest absolute Gasteiger partial charge is 0.386 e. The fourth-order valence-corrected chi connectivity index (χ4v) is 1.34. The molecule has 0 aliphatic heterocycles. The van der Waals surface area contributed by atoms with Gasteiger partial charge >= 0.3 is 11.9 Å². The van der Waals surface area contributed by atoms with Gasteiger partial charge in [0.2, 0.25) is 0 Å². The van der Waals surface area contributed by atoms with Gasteiger partial charge in [-0.05, 0) is 17.5 Å². The summed E-state index contributed by atoms with van der Waals surface area (Å²) in [6.45, 7) is 8.57. The molecule has 1 aromatic rings. The highest BCUT2D eigenvalue weighted by Crippen LogP contribution is 2.26. The summed E-state index contributed by atoms with van der Waals surface area (Å²) in [6, 6.07) is 2.31. The summed E-state index contributed by atoms with van der Waals surface area (Å²) in [5.41, 5.74) is -1.88. The van der Waals surface area contributed by atoms with Crippen LogP contribution < -0.4 is 0 Å². The Kier molecular flexibility index (Phi) is 4.57. The maximum absolute atomic E-state index is 13.1. The molecule has 0 spiro atoms. The van der Waals surface area contributed by atoms with E-state index in [-0.39, 0.29) is 5.57 Å². The highest BCUT2D eigenvalue weighted by atomic mass is 19.1. The quantitative estimate of drug-likeness (QED) is 0.281. The number of carbonyl (C=O) groups is 2. The van der Waals surface area contributed by atoms with Crippen LogP contribution >= 0.6 is 0 Å². The van der Waals surface area contributed by atoms with E-state index in [1.54, 1.807) is 20.8 Å². The van der Waals surface area contributed by atoms with Gasteiger partial charge < -0.3 is 4.74 Å². The van der Waals surface area contributed by atoms with Crippen molar-refractivity contribution in [1.29, 1.82) is 0 Å². The zero-order chi connectivity index (χ0) is 16.4. The van der Waals surface area contributed by atoms with Crippen LogP contribution in [-0.4, -0.2) is 16.9 Å². The summed E-state index contributed by atoms with van der Waals surface area (Å²) in [6.07, 6.45) is 0. The van der Waals surface area contributed by atoms with Crippen LogP contribution in [0, 0.1) is 21.3 Å². The first-order chi connectivity index (χ1) is 9.54. The number of carbonyl (C=O) groups excluding carboxylic acids is 2. The van der Waals surface area contributed by atoms with Crippen molar-refractivity contribution in [1.82, 2.24) is 0 Å². The van der Waals surface area contributed by atoms with Gasteiger partial charge in [0.05, 0.1) is 4.92 Å². The summed E-state index contributed by atoms with van der Waals surface area (Å²) in [4.78, 5) is 33.5. The topological polar surface area (TPSA) is 86.5 Å². The molecule has 0 aliphatic rings. The smallest absolute Gasteiger partial charge is 0.353 e. The second kappa shape index (κ2) is 5.82. The van der Waals surface area contributed by atoms with E-state index in [1.165, 1.54) is 0 Å². The number of hydrogen-bond acceptors (Lipinski definition) is 5. The van der Waals surface area contributed by atoms with Gasteiger partial charge in [0.1, 0.15) is 11.4 Å². The van der Waals surface area contributed by atoms with Gasteiger partial charge in [-0.2, -0.15) is 0 Å². The minimum absolute atomic E-state index is 0.0231. The molecule has 7 heteroatoms. The van der Waals surface area contributed by atoms with Gasteiger partial charge in [0.15, 0.2) is 0 Å². The molecule has 0 heterocycles.